The fourth-order valence-corrected chi connectivity index (χ4v) is 4.32. The first kappa shape index (κ1) is 17.8. The van der Waals surface area contributed by atoms with Crippen molar-refractivity contribution < 1.29 is 8.42 Å². The molecule has 3 rings (SSSR count). The highest BCUT2D eigenvalue weighted by Crippen LogP contribution is 2.24. The van der Waals surface area contributed by atoms with Gasteiger partial charge in [0.15, 0.2) is 0 Å². The number of pyridine rings is 1. The van der Waals surface area contributed by atoms with Gasteiger partial charge in [0.25, 0.3) is 0 Å². The molecule has 2 aromatic rings. The molecule has 1 aliphatic heterocycles. The lowest BCUT2D eigenvalue weighted by Crippen LogP contribution is -2.47. The fourth-order valence-electron chi connectivity index (χ4n) is 2.95. The molecular weight excluding hydrogens is 336 g/mol. The minimum Gasteiger partial charge on any atom is -0.327 e. The van der Waals surface area contributed by atoms with Gasteiger partial charge in [-0.15, -0.1) is 0 Å². The van der Waals surface area contributed by atoms with Crippen molar-refractivity contribution in [1.29, 1.82) is 0 Å². The van der Waals surface area contributed by atoms with Crippen molar-refractivity contribution in [3.63, 3.8) is 0 Å². The molecule has 1 fully saturated rings. The monoisotopic (exact) mass is 360 g/mol. The molecule has 1 aromatic carbocycles. The number of anilines is 2. The second-order valence-electron chi connectivity index (χ2n) is 6.14. The van der Waals surface area contributed by atoms with E-state index >= 15 is 0 Å². The molecule has 1 aliphatic rings. The van der Waals surface area contributed by atoms with E-state index in [0.29, 0.717) is 13.1 Å². The summed E-state index contributed by atoms with van der Waals surface area (Å²) in [7, 11) is -1.47. The zero-order valence-electron chi connectivity index (χ0n) is 14.7. The molecule has 7 heteroatoms. The smallest absolute Gasteiger partial charge is 0.244 e. The Morgan fingerprint density at radius 3 is 2.28 bits per heavy atom. The molecule has 1 aromatic heterocycles. The van der Waals surface area contributed by atoms with E-state index in [1.807, 2.05) is 49.2 Å². The molecule has 0 radical (unpaired) electrons. The lowest BCUT2D eigenvalue weighted by molar-refractivity contribution is 0.222. The minimum absolute atomic E-state index is 0.255. The lowest BCUT2D eigenvalue weighted by Gasteiger charge is -2.31. The number of likely N-dealkylation sites (N-methyl/N-ethyl adjacent to an activating group) is 1. The van der Waals surface area contributed by atoms with E-state index in [1.165, 1.54) is 6.20 Å². The molecule has 25 heavy (non-hydrogen) atoms. The molecule has 0 saturated carbocycles. The summed E-state index contributed by atoms with van der Waals surface area (Å²) >= 11 is 0. The quantitative estimate of drug-likeness (QED) is 0.818. The number of sulfonamides is 1. The van der Waals surface area contributed by atoms with Gasteiger partial charge in [0.05, 0.1) is 0 Å². The van der Waals surface area contributed by atoms with Crippen LogP contribution >= 0.6 is 0 Å². The van der Waals surface area contributed by atoms with Crippen molar-refractivity contribution in [1.82, 2.24) is 14.2 Å². The largest absolute Gasteiger partial charge is 0.327 e. The van der Waals surface area contributed by atoms with Crippen LogP contribution in [-0.2, 0) is 10.0 Å². The molecule has 6 nitrogen and oxygen atoms in total. The Morgan fingerprint density at radius 2 is 1.72 bits per heavy atom. The predicted octanol–water partition coefficient (Wildman–Crippen LogP) is 2.18. The van der Waals surface area contributed by atoms with Gasteiger partial charge in [-0.05, 0) is 38.2 Å². The highest BCUT2D eigenvalue weighted by Gasteiger charge is 2.27. The van der Waals surface area contributed by atoms with Crippen molar-refractivity contribution in [3.8, 4) is 0 Å². The molecule has 0 atom stereocenters. The molecule has 0 unspecified atom stereocenters. The number of piperazine rings is 1. The van der Waals surface area contributed by atoms with Crippen molar-refractivity contribution in [2.45, 2.75) is 11.8 Å². The molecule has 134 valence electrons. The number of nitrogens with zero attached hydrogens (tertiary/aromatic N) is 4. The average molecular weight is 360 g/mol. The Bertz CT molecular complexity index is 786. The number of rotatable bonds is 5. The molecule has 0 N–H and O–H groups in total. The third-order valence-electron chi connectivity index (χ3n) is 4.48. The first-order valence-corrected chi connectivity index (χ1v) is 9.93. The maximum atomic E-state index is 12.8. The lowest BCUT2D eigenvalue weighted by atomic mass is 10.3. The molecule has 0 spiro atoms. The van der Waals surface area contributed by atoms with Crippen LogP contribution in [0.3, 0.4) is 0 Å². The zero-order chi connectivity index (χ0) is 17.9. The Labute approximate surface area is 149 Å². The van der Waals surface area contributed by atoms with Gasteiger partial charge in [0, 0.05) is 44.6 Å². The van der Waals surface area contributed by atoms with E-state index in [-0.39, 0.29) is 4.90 Å². The van der Waals surface area contributed by atoms with Crippen LogP contribution < -0.4 is 4.90 Å². The maximum absolute atomic E-state index is 12.8. The van der Waals surface area contributed by atoms with Gasteiger partial charge in [-0.1, -0.05) is 18.2 Å². The van der Waals surface area contributed by atoms with Gasteiger partial charge in [0.2, 0.25) is 10.0 Å². The van der Waals surface area contributed by atoms with Crippen molar-refractivity contribution in [2.75, 3.05) is 44.7 Å². The highest BCUT2D eigenvalue weighted by molar-refractivity contribution is 7.89. The van der Waals surface area contributed by atoms with E-state index in [2.05, 4.69) is 9.88 Å². The number of hydrogen-bond donors (Lipinski definition) is 0. The van der Waals surface area contributed by atoms with Crippen molar-refractivity contribution in [3.05, 3.63) is 48.7 Å². The normalized spacial score (nSPS) is 16.7. The molecular formula is C18H24N4O2S. The summed E-state index contributed by atoms with van der Waals surface area (Å²) in [5, 5.41) is 0. The van der Waals surface area contributed by atoms with E-state index in [9.17, 15) is 8.42 Å². The zero-order valence-corrected chi connectivity index (χ0v) is 15.5. The van der Waals surface area contributed by atoms with Gasteiger partial charge >= 0.3 is 0 Å². The van der Waals surface area contributed by atoms with Crippen LogP contribution in [0.25, 0.3) is 0 Å². The van der Waals surface area contributed by atoms with E-state index < -0.39 is 10.0 Å². The SMILES string of the molecule is CCN(c1ccccc1)c1ccc(S(=O)(=O)N2CCN(C)CC2)cn1. The van der Waals surface area contributed by atoms with Crippen molar-refractivity contribution >= 4 is 21.5 Å². The summed E-state index contributed by atoms with van der Waals surface area (Å²) in [4.78, 5) is 8.85. The number of benzene rings is 1. The summed E-state index contributed by atoms with van der Waals surface area (Å²) in [5.41, 5.74) is 1.03. The summed E-state index contributed by atoms with van der Waals surface area (Å²) in [6.07, 6.45) is 1.47. The van der Waals surface area contributed by atoms with Gasteiger partial charge in [0.1, 0.15) is 10.7 Å². The highest BCUT2D eigenvalue weighted by atomic mass is 32.2. The van der Waals surface area contributed by atoms with Crippen LogP contribution in [0.2, 0.25) is 0 Å². The van der Waals surface area contributed by atoms with Crippen LogP contribution in [0.5, 0.6) is 0 Å². The third-order valence-corrected chi connectivity index (χ3v) is 6.36. The summed E-state index contributed by atoms with van der Waals surface area (Å²) in [5.74, 6) is 0.742. The van der Waals surface area contributed by atoms with Crippen LogP contribution in [-0.4, -0.2) is 62.4 Å². The van der Waals surface area contributed by atoms with Crippen LogP contribution in [0, 0.1) is 0 Å². The van der Waals surface area contributed by atoms with Gasteiger partial charge in [-0.25, -0.2) is 13.4 Å². The number of para-hydroxylation sites is 1. The van der Waals surface area contributed by atoms with E-state index in [4.69, 9.17) is 0 Å². The van der Waals surface area contributed by atoms with Crippen LogP contribution in [0.4, 0.5) is 11.5 Å². The maximum Gasteiger partial charge on any atom is 0.244 e. The minimum atomic E-state index is -3.47. The van der Waals surface area contributed by atoms with E-state index in [0.717, 1.165) is 31.1 Å². The third kappa shape index (κ3) is 3.84. The number of hydrogen-bond acceptors (Lipinski definition) is 5. The molecule has 0 bridgehead atoms. The molecule has 2 heterocycles. The Morgan fingerprint density at radius 1 is 1.04 bits per heavy atom. The fraction of sp³-hybridized carbons (Fsp3) is 0.389. The first-order chi connectivity index (χ1) is 12.0. The topological polar surface area (TPSA) is 56.8 Å². The van der Waals surface area contributed by atoms with Gasteiger partial charge < -0.3 is 9.80 Å². The Kier molecular flexibility index (Phi) is 5.36. The average Bonchev–Trinajstić information content (AvgIpc) is 2.64. The summed E-state index contributed by atoms with van der Waals surface area (Å²) < 4.78 is 27.1. The summed E-state index contributed by atoms with van der Waals surface area (Å²) in [6.45, 7) is 5.34. The van der Waals surface area contributed by atoms with E-state index in [1.54, 1.807) is 16.4 Å². The van der Waals surface area contributed by atoms with Crippen LogP contribution in [0.15, 0.2) is 53.6 Å². The Hall–Kier alpha value is -1.96. The van der Waals surface area contributed by atoms with Crippen LogP contribution in [0.1, 0.15) is 6.92 Å². The second kappa shape index (κ2) is 7.51. The Balaban J connectivity index is 1.82. The van der Waals surface area contributed by atoms with Gasteiger partial charge in [-0.3, -0.25) is 0 Å². The first-order valence-electron chi connectivity index (χ1n) is 8.49. The summed E-state index contributed by atoms with van der Waals surface area (Å²) in [6, 6.07) is 13.4. The van der Waals surface area contributed by atoms with Crippen molar-refractivity contribution in [2.24, 2.45) is 0 Å². The molecule has 1 saturated heterocycles. The predicted molar refractivity (Wildman–Crippen MR) is 99.6 cm³/mol. The second-order valence-corrected chi connectivity index (χ2v) is 8.08. The standard InChI is InChI=1S/C18H24N4O2S/c1-3-22(16-7-5-4-6-8-16)18-10-9-17(15-19-18)25(23,24)21-13-11-20(2)12-14-21/h4-10,15H,3,11-14H2,1-2H3. The van der Waals surface area contributed by atoms with Gasteiger partial charge in [-0.2, -0.15) is 4.31 Å². The molecule has 0 amide bonds. The number of aromatic nitrogens is 1. The molecule has 0 aliphatic carbocycles.